The Morgan fingerprint density at radius 2 is 2.20 bits per heavy atom. The minimum Gasteiger partial charge on any atom is -0.386 e. The van der Waals surface area contributed by atoms with Gasteiger partial charge in [0.2, 0.25) is 0 Å². The van der Waals surface area contributed by atoms with E-state index < -0.39 is 5.60 Å². The van der Waals surface area contributed by atoms with Crippen molar-refractivity contribution in [1.29, 1.82) is 0 Å². The first-order valence-corrected chi connectivity index (χ1v) is 6.73. The highest BCUT2D eigenvalue weighted by atomic mass is 16.5. The van der Waals surface area contributed by atoms with Crippen molar-refractivity contribution in [2.45, 2.75) is 18.6 Å². The van der Waals surface area contributed by atoms with Crippen molar-refractivity contribution < 1.29 is 9.84 Å². The molecule has 1 aromatic heterocycles. The smallest absolute Gasteiger partial charge is 0.103 e. The quantitative estimate of drug-likeness (QED) is 0.831. The zero-order chi connectivity index (χ0) is 13.8. The summed E-state index contributed by atoms with van der Waals surface area (Å²) in [5, 5.41) is 22.0. The molecule has 1 atom stereocenters. The molecular weight excluding hydrogens is 256 g/mol. The van der Waals surface area contributed by atoms with Crippen molar-refractivity contribution in [2.75, 3.05) is 19.8 Å². The highest BCUT2D eigenvalue weighted by molar-refractivity contribution is 5.28. The lowest BCUT2D eigenvalue weighted by Crippen LogP contribution is -2.40. The number of benzene rings is 1. The van der Waals surface area contributed by atoms with E-state index in [4.69, 9.17) is 4.74 Å². The normalized spacial score (nSPS) is 22.2. The number of aromatic nitrogens is 3. The number of aliphatic hydroxyl groups is 1. The van der Waals surface area contributed by atoms with Gasteiger partial charge in [0.25, 0.3) is 0 Å². The van der Waals surface area contributed by atoms with Crippen molar-refractivity contribution in [2.24, 2.45) is 0 Å². The topological polar surface area (TPSA) is 72.2 Å². The first kappa shape index (κ1) is 13.2. The highest BCUT2D eigenvalue weighted by Crippen LogP contribution is 2.17. The third kappa shape index (κ3) is 3.04. The molecule has 106 valence electrons. The molecule has 20 heavy (non-hydrogen) atoms. The van der Waals surface area contributed by atoms with Crippen LogP contribution in [-0.2, 0) is 11.3 Å². The number of rotatable bonds is 5. The summed E-state index contributed by atoms with van der Waals surface area (Å²) in [5.74, 6) is 0. The molecule has 6 heteroatoms. The molecule has 1 unspecified atom stereocenters. The molecule has 1 saturated heterocycles. The maximum absolute atomic E-state index is 10.1. The predicted molar refractivity (Wildman–Crippen MR) is 73.5 cm³/mol. The highest BCUT2D eigenvalue weighted by Gasteiger charge is 2.31. The molecule has 1 aromatic carbocycles. The zero-order valence-corrected chi connectivity index (χ0v) is 11.2. The fraction of sp³-hybridized carbons (Fsp3) is 0.429. The Labute approximate surface area is 117 Å². The van der Waals surface area contributed by atoms with Gasteiger partial charge in [-0.3, -0.25) is 0 Å². The largest absolute Gasteiger partial charge is 0.386 e. The molecule has 1 fully saturated rings. The summed E-state index contributed by atoms with van der Waals surface area (Å²) in [6.07, 6.45) is 2.41. The number of ether oxygens (including phenoxy) is 1. The maximum Gasteiger partial charge on any atom is 0.103 e. The van der Waals surface area contributed by atoms with Crippen LogP contribution in [0, 0.1) is 0 Å². The van der Waals surface area contributed by atoms with Gasteiger partial charge in [-0.25, -0.2) is 0 Å². The van der Waals surface area contributed by atoms with Crippen LogP contribution in [0.25, 0.3) is 5.69 Å². The molecule has 2 N–H and O–H groups in total. The molecule has 0 bridgehead atoms. The number of hydrogen-bond acceptors (Lipinski definition) is 5. The Balaban J connectivity index is 1.55. The minimum absolute atomic E-state index is 0.400. The molecule has 0 amide bonds. The molecular formula is C14H18N4O2. The number of para-hydroxylation sites is 1. The number of nitrogens with one attached hydrogen (secondary N) is 1. The molecule has 0 radical (unpaired) electrons. The summed E-state index contributed by atoms with van der Waals surface area (Å²) in [7, 11) is 0. The second kappa shape index (κ2) is 5.70. The van der Waals surface area contributed by atoms with E-state index in [-0.39, 0.29) is 0 Å². The summed E-state index contributed by atoms with van der Waals surface area (Å²) >= 11 is 0. The van der Waals surface area contributed by atoms with E-state index >= 15 is 0 Å². The van der Waals surface area contributed by atoms with E-state index in [1.54, 1.807) is 11.0 Å². The average Bonchev–Trinajstić information content (AvgIpc) is 3.10. The number of hydrogen-bond donors (Lipinski definition) is 2. The Kier molecular flexibility index (Phi) is 3.77. The van der Waals surface area contributed by atoms with Crippen molar-refractivity contribution in [1.82, 2.24) is 20.3 Å². The van der Waals surface area contributed by atoms with Crippen LogP contribution in [0.3, 0.4) is 0 Å². The molecule has 0 saturated carbocycles. The van der Waals surface area contributed by atoms with Gasteiger partial charge in [-0.05, 0) is 12.1 Å². The van der Waals surface area contributed by atoms with Gasteiger partial charge in [0.1, 0.15) is 5.60 Å². The molecule has 1 aliphatic heterocycles. The SMILES string of the molecule is OC1(CNCc2cnn(-c3ccccc3)n2)CCOC1. The van der Waals surface area contributed by atoms with E-state index in [0.717, 1.165) is 11.4 Å². The van der Waals surface area contributed by atoms with Crippen molar-refractivity contribution >= 4 is 0 Å². The van der Waals surface area contributed by atoms with Gasteiger partial charge in [0.15, 0.2) is 0 Å². The van der Waals surface area contributed by atoms with Gasteiger partial charge in [-0.15, -0.1) is 0 Å². The van der Waals surface area contributed by atoms with Gasteiger partial charge < -0.3 is 15.2 Å². The first-order valence-electron chi connectivity index (χ1n) is 6.73. The van der Waals surface area contributed by atoms with Crippen LogP contribution in [-0.4, -0.2) is 45.5 Å². The van der Waals surface area contributed by atoms with E-state index in [0.29, 0.717) is 32.7 Å². The van der Waals surface area contributed by atoms with E-state index in [1.165, 1.54) is 0 Å². The van der Waals surface area contributed by atoms with Crippen molar-refractivity contribution in [3.8, 4) is 5.69 Å². The maximum atomic E-state index is 10.1. The van der Waals surface area contributed by atoms with Gasteiger partial charge in [-0.2, -0.15) is 15.0 Å². The number of nitrogens with zero attached hydrogens (tertiary/aromatic N) is 3. The summed E-state index contributed by atoms with van der Waals surface area (Å²) in [5.41, 5.74) is 1.04. The molecule has 3 rings (SSSR count). The Morgan fingerprint density at radius 1 is 1.35 bits per heavy atom. The Bertz CT molecular complexity index is 549. The third-order valence-corrected chi connectivity index (χ3v) is 3.37. The predicted octanol–water partition coefficient (Wildman–Crippen LogP) is 0.508. The van der Waals surface area contributed by atoms with E-state index in [2.05, 4.69) is 15.5 Å². The molecule has 0 spiro atoms. The molecule has 2 heterocycles. The summed E-state index contributed by atoms with van der Waals surface area (Å²) in [6, 6.07) is 9.77. The lowest BCUT2D eigenvalue weighted by Gasteiger charge is -2.20. The Hall–Kier alpha value is -1.76. The van der Waals surface area contributed by atoms with E-state index in [1.807, 2.05) is 30.3 Å². The summed E-state index contributed by atoms with van der Waals surface area (Å²) < 4.78 is 5.20. The standard InChI is InChI=1S/C14H18N4O2/c19-14(6-7-20-11-14)10-15-8-12-9-16-18(17-12)13-4-2-1-3-5-13/h1-5,9,15,19H,6-8,10-11H2. The molecule has 2 aromatic rings. The monoisotopic (exact) mass is 274 g/mol. The van der Waals surface area contributed by atoms with Crippen molar-refractivity contribution in [3.63, 3.8) is 0 Å². The minimum atomic E-state index is -0.741. The van der Waals surface area contributed by atoms with Crippen LogP contribution in [0.4, 0.5) is 0 Å². The lowest BCUT2D eigenvalue weighted by atomic mass is 10.0. The molecule has 0 aliphatic carbocycles. The molecule has 1 aliphatic rings. The van der Waals surface area contributed by atoms with Crippen LogP contribution < -0.4 is 5.32 Å². The van der Waals surface area contributed by atoms with Gasteiger partial charge in [0.05, 0.1) is 24.2 Å². The van der Waals surface area contributed by atoms with Crippen LogP contribution in [0.15, 0.2) is 36.5 Å². The zero-order valence-electron chi connectivity index (χ0n) is 11.2. The Morgan fingerprint density at radius 3 is 2.95 bits per heavy atom. The first-order chi connectivity index (χ1) is 9.75. The van der Waals surface area contributed by atoms with Gasteiger partial charge in [0, 0.05) is 26.1 Å². The second-order valence-electron chi connectivity index (χ2n) is 5.09. The summed E-state index contributed by atoms with van der Waals surface area (Å²) in [4.78, 5) is 1.60. The third-order valence-electron chi connectivity index (χ3n) is 3.37. The fourth-order valence-electron chi connectivity index (χ4n) is 2.22. The molecule has 6 nitrogen and oxygen atoms in total. The average molecular weight is 274 g/mol. The van der Waals surface area contributed by atoms with Crippen molar-refractivity contribution in [3.05, 3.63) is 42.2 Å². The van der Waals surface area contributed by atoms with E-state index in [9.17, 15) is 5.11 Å². The van der Waals surface area contributed by atoms with Crippen LogP contribution >= 0.6 is 0 Å². The second-order valence-corrected chi connectivity index (χ2v) is 5.09. The van der Waals surface area contributed by atoms with Crippen LogP contribution in [0.1, 0.15) is 12.1 Å². The van der Waals surface area contributed by atoms with Gasteiger partial charge >= 0.3 is 0 Å². The van der Waals surface area contributed by atoms with Gasteiger partial charge in [-0.1, -0.05) is 18.2 Å². The lowest BCUT2D eigenvalue weighted by molar-refractivity contribution is 0.0268. The van der Waals surface area contributed by atoms with Crippen LogP contribution in [0.5, 0.6) is 0 Å². The van der Waals surface area contributed by atoms with Crippen LogP contribution in [0.2, 0.25) is 0 Å². The summed E-state index contributed by atoms with van der Waals surface area (Å²) in [6.45, 7) is 2.11. The fourth-order valence-corrected chi connectivity index (χ4v) is 2.22.